The number of methoxy groups -OCH3 is 1. The summed E-state index contributed by atoms with van der Waals surface area (Å²) in [5.74, 6) is 0.722. The SMILES string of the molecule is COc1ccc(CN2C(=O)c3c(Cl)cc(NC(=O)OC(C)(C)C)cc3C23CCCCC3)cc1. The highest BCUT2D eigenvalue weighted by Gasteiger charge is 2.50. The average molecular weight is 471 g/mol. The van der Waals surface area contributed by atoms with Gasteiger partial charge in [-0.05, 0) is 69.0 Å². The highest BCUT2D eigenvalue weighted by molar-refractivity contribution is 6.34. The third-order valence-corrected chi connectivity index (χ3v) is 6.69. The highest BCUT2D eigenvalue weighted by atomic mass is 35.5. The number of amides is 2. The molecule has 1 heterocycles. The number of halogens is 1. The van der Waals surface area contributed by atoms with E-state index in [0.29, 0.717) is 22.8 Å². The van der Waals surface area contributed by atoms with Crippen molar-refractivity contribution in [2.45, 2.75) is 70.6 Å². The van der Waals surface area contributed by atoms with Gasteiger partial charge in [-0.15, -0.1) is 0 Å². The van der Waals surface area contributed by atoms with Crippen LogP contribution in [0.3, 0.4) is 0 Å². The van der Waals surface area contributed by atoms with Gasteiger partial charge in [0.2, 0.25) is 0 Å². The Morgan fingerprint density at radius 2 is 1.79 bits per heavy atom. The molecule has 33 heavy (non-hydrogen) atoms. The van der Waals surface area contributed by atoms with Crippen molar-refractivity contribution in [2.24, 2.45) is 0 Å². The predicted molar refractivity (Wildman–Crippen MR) is 129 cm³/mol. The number of anilines is 1. The van der Waals surface area contributed by atoms with Crippen LogP contribution in [-0.4, -0.2) is 29.6 Å². The topological polar surface area (TPSA) is 67.9 Å². The lowest BCUT2D eigenvalue weighted by Crippen LogP contribution is -2.44. The number of ether oxygens (including phenoxy) is 2. The summed E-state index contributed by atoms with van der Waals surface area (Å²) in [6, 6.07) is 11.3. The Balaban J connectivity index is 1.70. The average Bonchev–Trinajstić information content (AvgIpc) is 2.96. The molecule has 6 nitrogen and oxygen atoms in total. The Labute approximate surface area is 200 Å². The molecule has 1 fully saturated rings. The molecule has 0 aromatic heterocycles. The molecular formula is C26H31ClN2O4. The van der Waals surface area contributed by atoms with Crippen LogP contribution < -0.4 is 10.1 Å². The van der Waals surface area contributed by atoms with E-state index in [0.717, 1.165) is 49.0 Å². The second-order valence-electron chi connectivity index (χ2n) is 9.84. The molecule has 1 saturated carbocycles. The second kappa shape index (κ2) is 8.90. The van der Waals surface area contributed by atoms with Crippen molar-refractivity contribution < 1.29 is 19.1 Å². The first-order chi connectivity index (χ1) is 15.6. The number of carbonyl (C=O) groups excluding carboxylic acids is 2. The van der Waals surface area contributed by atoms with Crippen LogP contribution in [0.5, 0.6) is 5.75 Å². The van der Waals surface area contributed by atoms with Crippen molar-refractivity contribution in [3.05, 3.63) is 58.1 Å². The van der Waals surface area contributed by atoms with Gasteiger partial charge < -0.3 is 14.4 Å². The molecule has 0 bridgehead atoms. The van der Waals surface area contributed by atoms with Gasteiger partial charge >= 0.3 is 6.09 Å². The van der Waals surface area contributed by atoms with Gasteiger partial charge in [0.25, 0.3) is 5.91 Å². The smallest absolute Gasteiger partial charge is 0.412 e. The van der Waals surface area contributed by atoms with Crippen LogP contribution in [0, 0.1) is 0 Å². The Morgan fingerprint density at radius 3 is 2.39 bits per heavy atom. The Morgan fingerprint density at radius 1 is 1.12 bits per heavy atom. The summed E-state index contributed by atoms with van der Waals surface area (Å²) in [5, 5.41) is 3.15. The van der Waals surface area contributed by atoms with E-state index in [2.05, 4.69) is 5.32 Å². The van der Waals surface area contributed by atoms with Crippen molar-refractivity contribution in [3.8, 4) is 5.75 Å². The quantitative estimate of drug-likeness (QED) is 0.553. The molecule has 1 N–H and O–H groups in total. The molecule has 0 unspecified atom stereocenters. The third kappa shape index (κ3) is 4.67. The largest absolute Gasteiger partial charge is 0.497 e. The number of nitrogens with one attached hydrogen (secondary N) is 1. The van der Waals surface area contributed by atoms with Gasteiger partial charge in [-0.25, -0.2) is 4.79 Å². The molecule has 176 valence electrons. The summed E-state index contributed by atoms with van der Waals surface area (Å²) in [5.41, 5.74) is 1.98. The van der Waals surface area contributed by atoms with E-state index in [-0.39, 0.29) is 5.91 Å². The van der Waals surface area contributed by atoms with Crippen molar-refractivity contribution in [3.63, 3.8) is 0 Å². The van der Waals surface area contributed by atoms with E-state index in [1.807, 2.05) is 56.0 Å². The number of rotatable bonds is 4. The van der Waals surface area contributed by atoms with E-state index in [9.17, 15) is 9.59 Å². The van der Waals surface area contributed by atoms with Gasteiger partial charge in [0.05, 0.1) is 23.2 Å². The molecule has 2 aromatic carbocycles. The Bertz CT molecular complexity index is 1050. The van der Waals surface area contributed by atoms with E-state index in [1.54, 1.807) is 13.2 Å². The number of fused-ring (bicyclic) bond motifs is 2. The molecule has 1 spiro atoms. The van der Waals surface area contributed by atoms with Crippen molar-refractivity contribution in [2.75, 3.05) is 12.4 Å². The summed E-state index contributed by atoms with van der Waals surface area (Å²) < 4.78 is 10.7. The minimum atomic E-state index is -0.611. The molecule has 0 radical (unpaired) electrons. The van der Waals surface area contributed by atoms with Gasteiger partial charge in [-0.2, -0.15) is 0 Å². The zero-order valence-corrected chi connectivity index (χ0v) is 20.4. The van der Waals surface area contributed by atoms with Gasteiger partial charge in [0.1, 0.15) is 11.4 Å². The summed E-state index contributed by atoms with van der Waals surface area (Å²) >= 11 is 6.64. The minimum absolute atomic E-state index is 0.0588. The molecule has 1 aliphatic carbocycles. The molecule has 0 saturated heterocycles. The van der Waals surface area contributed by atoms with Crippen molar-refractivity contribution in [1.82, 2.24) is 4.90 Å². The molecule has 7 heteroatoms. The van der Waals surface area contributed by atoms with Gasteiger partial charge in [0, 0.05) is 12.2 Å². The van der Waals surface area contributed by atoms with Gasteiger partial charge in [-0.3, -0.25) is 10.1 Å². The first kappa shape index (κ1) is 23.4. The number of hydrogen-bond acceptors (Lipinski definition) is 4. The monoisotopic (exact) mass is 470 g/mol. The molecule has 4 rings (SSSR count). The predicted octanol–water partition coefficient (Wildman–Crippen LogP) is 6.51. The molecular weight excluding hydrogens is 440 g/mol. The fourth-order valence-electron chi connectivity index (χ4n) is 4.97. The van der Waals surface area contributed by atoms with Crippen molar-refractivity contribution >= 4 is 29.3 Å². The normalized spacial score (nSPS) is 17.1. The fourth-order valence-corrected chi connectivity index (χ4v) is 5.27. The van der Waals surface area contributed by atoms with Crippen molar-refractivity contribution in [1.29, 1.82) is 0 Å². The summed E-state index contributed by atoms with van der Waals surface area (Å²) in [7, 11) is 1.64. The Hall–Kier alpha value is -2.73. The summed E-state index contributed by atoms with van der Waals surface area (Å²) in [6.45, 7) is 5.93. The number of nitrogens with zero attached hydrogens (tertiary/aromatic N) is 1. The van der Waals surface area contributed by atoms with E-state index >= 15 is 0 Å². The van der Waals surface area contributed by atoms with E-state index < -0.39 is 17.2 Å². The lowest BCUT2D eigenvalue weighted by atomic mass is 9.76. The lowest BCUT2D eigenvalue weighted by Gasteiger charge is -2.42. The maximum absolute atomic E-state index is 13.6. The number of carbonyl (C=O) groups is 2. The summed E-state index contributed by atoms with van der Waals surface area (Å²) in [6.07, 6.45) is 4.41. The zero-order chi connectivity index (χ0) is 23.8. The highest BCUT2D eigenvalue weighted by Crippen LogP contribution is 2.51. The maximum atomic E-state index is 13.6. The first-order valence-electron chi connectivity index (χ1n) is 11.4. The van der Waals surface area contributed by atoms with Gasteiger partial charge in [0.15, 0.2) is 0 Å². The minimum Gasteiger partial charge on any atom is -0.497 e. The molecule has 2 aromatic rings. The van der Waals surface area contributed by atoms with Gasteiger partial charge in [-0.1, -0.05) is 43.0 Å². The standard InChI is InChI=1S/C26H31ClN2O4/c1-25(2,3)33-24(31)28-18-14-20-22(21(27)15-18)23(30)29(26(20)12-6-5-7-13-26)16-17-8-10-19(32-4)11-9-17/h8-11,14-15H,5-7,12-13,16H2,1-4H3,(H,28,31). The number of benzene rings is 2. The summed E-state index contributed by atoms with van der Waals surface area (Å²) in [4.78, 5) is 28.0. The molecule has 1 aliphatic heterocycles. The van der Waals surface area contributed by atoms with Crippen LogP contribution in [0.1, 0.15) is 74.4 Å². The van der Waals surface area contributed by atoms with Crippen LogP contribution in [-0.2, 0) is 16.8 Å². The number of hydrogen-bond donors (Lipinski definition) is 1. The molecule has 2 aliphatic rings. The third-order valence-electron chi connectivity index (χ3n) is 6.39. The Kier molecular flexibility index (Phi) is 6.32. The lowest BCUT2D eigenvalue weighted by molar-refractivity contribution is 0.0386. The molecule has 2 amide bonds. The molecule has 0 atom stereocenters. The fraction of sp³-hybridized carbons (Fsp3) is 0.462. The second-order valence-corrected chi connectivity index (χ2v) is 10.2. The van der Waals surface area contributed by atoms with Crippen LogP contribution in [0.25, 0.3) is 0 Å². The van der Waals surface area contributed by atoms with Crippen LogP contribution in [0.15, 0.2) is 36.4 Å². The van der Waals surface area contributed by atoms with Crippen LogP contribution in [0.2, 0.25) is 5.02 Å². The van der Waals surface area contributed by atoms with E-state index in [1.165, 1.54) is 0 Å². The van der Waals surface area contributed by atoms with Crippen LogP contribution in [0.4, 0.5) is 10.5 Å². The van der Waals surface area contributed by atoms with E-state index in [4.69, 9.17) is 21.1 Å². The zero-order valence-electron chi connectivity index (χ0n) is 19.7. The van der Waals surface area contributed by atoms with Crippen LogP contribution >= 0.6 is 11.6 Å². The first-order valence-corrected chi connectivity index (χ1v) is 11.8. The maximum Gasteiger partial charge on any atom is 0.412 e.